The minimum atomic E-state index is -4.69. The number of benzene rings is 3. The van der Waals surface area contributed by atoms with Crippen LogP contribution in [0.5, 0.6) is 17.2 Å². The number of carboxylic acids is 1. The number of carboxylic acid groups (broad SMARTS) is 1. The first-order chi connectivity index (χ1) is 26.4. The van der Waals surface area contributed by atoms with Crippen molar-refractivity contribution in [3.8, 4) is 46.8 Å². The Morgan fingerprint density at radius 1 is 1.00 bits per heavy atom. The van der Waals surface area contributed by atoms with Crippen LogP contribution in [0.1, 0.15) is 52.6 Å². The van der Waals surface area contributed by atoms with E-state index in [-0.39, 0.29) is 54.2 Å². The summed E-state index contributed by atoms with van der Waals surface area (Å²) in [6.07, 6.45) is 6.55. The number of hydrogen-bond donors (Lipinski definition) is 3. The van der Waals surface area contributed by atoms with Gasteiger partial charge in [-0.3, -0.25) is 10.3 Å². The van der Waals surface area contributed by atoms with Crippen molar-refractivity contribution in [3.05, 3.63) is 105 Å². The summed E-state index contributed by atoms with van der Waals surface area (Å²) in [7, 11) is 0. The van der Waals surface area contributed by atoms with Crippen molar-refractivity contribution in [1.29, 1.82) is 5.26 Å². The molecule has 4 aromatic rings. The van der Waals surface area contributed by atoms with Gasteiger partial charge in [0.05, 0.1) is 23.8 Å². The molecule has 0 aliphatic carbocycles. The highest BCUT2D eigenvalue weighted by Gasteiger charge is 2.38. The van der Waals surface area contributed by atoms with Gasteiger partial charge in [-0.25, -0.2) is 4.79 Å². The third kappa shape index (κ3) is 10.1. The first-order valence-corrected chi connectivity index (χ1v) is 17.9. The molecule has 0 bridgehead atoms. The number of aliphatic carboxylic acids is 1. The van der Waals surface area contributed by atoms with E-state index in [1.165, 1.54) is 36.7 Å². The molecule has 10 nitrogen and oxygen atoms in total. The van der Waals surface area contributed by atoms with E-state index in [0.29, 0.717) is 39.8 Å². The molecule has 0 amide bonds. The number of nitrogens with one attached hydrogen (secondary N) is 1. The maximum absolute atomic E-state index is 14.7. The van der Waals surface area contributed by atoms with Crippen molar-refractivity contribution in [2.45, 2.75) is 57.7 Å². The van der Waals surface area contributed by atoms with Gasteiger partial charge < -0.3 is 29.3 Å². The van der Waals surface area contributed by atoms with E-state index in [1.54, 1.807) is 37.3 Å². The lowest BCUT2D eigenvalue weighted by molar-refractivity contribution is -0.144. The van der Waals surface area contributed by atoms with E-state index in [0.717, 1.165) is 32.5 Å². The van der Waals surface area contributed by atoms with E-state index in [2.05, 4.69) is 21.1 Å². The number of ether oxygens (including phenoxy) is 3. The highest BCUT2D eigenvalue weighted by molar-refractivity contribution is 6.32. The molecule has 0 unspecified atom stereocenters. The van der Waals surface area contributed by atoms with Gasteiger partial charge >= 0.3 is 12.1 Å². The lowest BCUT2D eigenvalue weighted by Crippen LogP contribution is -2.53. The van der Waals surface area contributed by atoms with E-state index in [9.17, 15) is 33.4 Å². The zero-order valence-electron chi connectivity index (χ0n) is 30.1. The molecule has 5 rings (SSSR count). The van der Waals surface area contributed by atoms with E-state index in [1.807, 2.05) is 6.07 Å². The van der Waals surface area contributed by atoms with Crippen molar-refractivity contribution in [3.63, 3.8) is 0 Å². The van der Waals surface area contributed by atoms with Gasteiger partial charge in [-0.05, 0) is 79.7 Å². The molecule has 3 N–H and O–H groups in total. The van der Waals surface area contributed by atoms with Crippen molar-refractivity contribution >= 4 is 17.6 Å². The molecule has 1 atom stereocenters. The van der Waals surface area contributed by atoms with E-state index >= 15 is 0 Å². The number of aliphatic hydroxyl groups excluding tert-OH is 1. The molecule has 3 aromatic carbocycles. The van der Waals surface area contributed by atoms with Crippen LogP contribution >= 0.6 is 11.6 Å². The largest absolute Gasteiger partial charge is 0.493 e. The molecule has 1 aliphatic rings. The summed E-state index contributed by atoms with van der Waals surface area (Å²) in [6, 6.07) is 15.9. The number of aliphatic hydroxyl groups is 1. The fourth-order valence-electron chi connectivity index (χ4n) is 6.28. The van der Waals surface area contributed by atoms with Gasteiger partial charge in [0.15, 0.2) is 0 Å². The Morgan fingerprint density at radius 3 is 2.42 bits per heavy atom. The van der Waals surface area contributed by atoms with Crippen molar-refractivity contribution in [2.24, 2.45) is 0 Å². The van der Waals surface area contributed by atoms with Gasteiger partial charge in [-0.2, -0.15) is 18.4 Å². The minimum absolute atomic E-state index is 0.0169. The highest BCUT2D eigenvalue weighted by Crippen LogP contribution is 2.44. The molecule has 288 valence electrons. The van der Waals surface area contributed by atoms with Gasteiger partial charge in [0.25, 0.3) is 0 Å². The van der Waals surface area contributed by atoms with Crippen LogP contribution < -0.4 is 19.5 Å². The zero-order valence-corrected chi connectivity index (χ0v) is 30.8. The first kappa shape index (κ1) is 40.9. The Labute approximate surface area is 322 Å². The van der Waals surface area contributed by atoms with Crippen molar-refractivity contribution < 1.29 is 42.4 Å². The second kappa shape index (κ2) is 18.3. The number of aromatic nitrogens is 1. The molecule has 2 heterocycles. The van der Waals surface area contributed by atoms with Crippen LogP contribution in [0.3, 0.4) is 0 Å². The third-order valence-electron chi connectivity index (χ3n) is 9.37. The smallest absolute Gasteiger partial charge is 0.420 e. The predicted octanol–water partition coefficient (Wildman–Crippen LogP) is 7.16. The third-order valence-corrected chi connectivity index (χ3v) is 9.66. The van der Waals surface area contributed by atoms with Gasteiger partial charge in [0.2, 0.25) is 5.54 Å². The number of nitriles is 1. The van der Waals surface area contributed by atoms with Gasteiger partial charge in [0.1, 0.15) is 42.1 Å². The predicted molar refractivity (Wildman–Crippen MR) is 200 cm³/mol. The number of nitrogens with zero attached hydrogens (tertiary/aromatic N) is 3. The lowest BCUT2D eigenvalue weighted by atomic mass is 9.92. The number of hydrogen-bond acceptors (Lipinski definition) is 9. The molecular weight excluding hydrogens is 737 g/mol. The SMILES string of the molecule is C#C[C@@](CO)(NCc1cc(Cl)c(OCc2cccc(-c3cccc(OCCCN4CCCC4)c3C(F)(F)F)c2C)cc1OCc1cncc(C#N)c1)C(=O)O. The molecule has 1 fully saturated rings. The quantitative estimate of drug-likeness (QED) is 0.0749. The Morgan fingerprint density at radius 2 is 1.73 bits per heavy atom. The number of terminal acetylenes is 1. The second-order valence-electron chi connectivity index (χ2n) is 13.0. The van der Waals surface area contributed by atoms with Crippen LogP contribution in [0.2, 0.25) is 5.02 Å². The molecule has 0 saturated carbocycles. The van der Waals surface area contributed by atoms with Crippen LogP contribution in [0.25, 0.3) is 11.1 Å². The molecule has 0 spiro atoms. The lowest BCUT2D eigenvalue weighted by Gasteiger charge is -2.24. The highest BCUT2D eigenvalue weighted by atomic mass is 35.5. The molecule has 1 aliphatic heterocycles. The Kier molecular flexibility index (Phi) is 13.6. The van der Waals surface area contributed by atoms with Crippen molar-refractivity contribution in [2.75, 3.05) is 32.8 Å². The number of alkyl halides is 3. The van der Waals surface area contributed by atoms with Crippen LogP contribution in [0.4, 0.5) is 13.2 Å². The van der Waals surface area contributed by atoms with Crippen LogP contribution in [0, 0.1) is 30.6 Å². The summed E-state index contributed by atoms with van der Waals surface area (Å²) < 4.78 is 61.9. The summed E-state index contributed by atoms with van der Waals surface area (Å²) in [5.74, 6) is 0.767. The monoisotopic (exact) mass is 776 g/mol. The molecular formula is C41H40ClF3N4O6. The van der Waals surface area contributed by atoms with Gasteiger partial charge in [-0.1, -0.05) is 47.9 Å². The number of carbonyl (C=O) groups is 1. The average molecular weight is 777 g/mol. The summed E-state index contributed by atoms with van der Waals surface area (Å²) in [6.45, 7) is 3.44. The summed E-state index contributed by atoms with van der Waals surface area (Å²) in [5, 5.41) is 31.5. The number of likely N-dealkylation sites (tertiary alicyclic amines) is 1. The zero-order chi connectivity index (χ0) is 39.6. The Hall–Kier alpha value is -5.31. The van der Waals surface area contributed by atoms with Crippen molar-refractivity contribution in [1.82, 2.24) is 15.2 Å². The maximum Gasteiger partial charge on any atom is 0.420 e. The number of halogens is 4. The Balaban J connectivity index is 1.40. The molecule has 55 heavy (non-hydrogen) atoms. The minimum Gasteiger partial charge on any atom is -0.493 e. The van der Waals surface area contributed by atoms with Crippen LogP contribution in [-0.4, -0.2) is 64.5 Å². The summed E-state index contributed by atoms with van der Waals surface area (Å²) >= 11 is 6.65. The summed E-state index contributed by atoms with van der Waals surface area (Å²) in [5.41, 5.74) is -0.189. The van der Waals surface area contributed by atoms with Gasteiger partial charge in [0, 0.05) is 42.7 Å². The molecule has 1 aromatic heterocycles. The standard InChI is InChI=1S/C41H40ClF3N4O6/c1-3-40(26-50,39(51)52)48-23-31-18-34(42)37(19-36(31)54-24-29-17-28(20-46)21-47-22-29)55-25-30-9-6-10-32(27(30)2)33-11-7-12-35(38(33)41(43,44)45)53-16-8-15-49-13-4-5-14-49/h1,6-7,9-12,17-19,21-22,48,50H,4-5,8,13-16,23-26H2,2H3,(H,51,52)/t40-/m0/s1. The van der Waals surface area contributed by atoms with Crippen LogP contribution in [-0.2, 0) is 30.7 Å². The maximum atomic E-state index is 14.7. The first-order valence-electron chi connectivity index (χ1n) is 17.5. The second-order valence-corrected chi connectivity index (χ2v) is 13.5. The topological polar surface area (TPSA) is 137 Å². The molecule has 0 radical (unpaired) electrons. The van der Waals surface area contributed by atoms with E-state index < -0.39 is 29.9 Å². The number of pyridine rings is 1. The normalized spacial score (nSPS) is 14.1. The number of rotatable bonds is 17. The summed E-state index contributed by atoms with van der Waals surface area (Å²) in [4.78, 5) is 18.2. The molecule has 14 heteroatoms. The molecule has 1 saturated heterocycles. The average Bonchev–Trinajstić information content (AvgIpc) is 3.70. The van der Waals surface area contributed by atoms with Crippen LogP contribution in [0.15, 0.2) is 67.0 Å². The van der Waals surface area contributed by atoms with Gasteiger partial charge in [-0.15, -0.1) is 6.42 Å². The fourth-order valence-corrected chi connectivity index (χ4v) is 6.52. The van der Waals surface area contributed by atoms with E-state index in [4.69, 9.17) is 32.2 Å². The fraction of sp³-hybridized carbons (Fsp3) is 0.341. The Bertz CT molecular complexity index is 2080.